The van der Waals surface area contributed by atoms with Gasteiger partial charge in [0.1, 0.15) is 11.6 Å². The fourth-order valence-corrected chi connectivity index (χ4v) is 1.48. The Kier molecular flexibility index (Phi) is 3.10. The number of nitrogens with zero attached hydrogens (tertiary/aromatic N) is 2. The lowest BCUT2D eigenvalue weighted by molar-refractivity contribution is 0.102. The molecule has 0 aliphatic heterocycles. The van der Waals surface area contributed by atoms with Crippen LogP contribution in [0.3, 0.4) is 0 Å². The summed E-state index contributed by atoms with van der Waals surface area (Å²) in [5, 5.41) is 6.41. The van der Waals surface area contributed by atoms with Gasteiger partial charge in [-0.25, -0.2) is 8.78 Å². The minimum Gasteiger partial charge on any atom is -0.305 e. The van der Waals surface area contributed by atoms with E-state index in [4.69, 9.17) is 0 Å². The van der Waals surface area contributed by atoms with Crippen LogP contribution < -0.4 is 5.32 Å². The Morgan fingerprint density at radius 2 is 2.06 bits per heavy atom. The molecule has 0 radical (unpaired) electrons. The van der Waals surface area contributed by atoms with Crippen LogP contribution in [0.5, 0.6) is 0 Å². The predicted molar refractivity (Wildman–Crippen MR) is 62.3 cm³/mol. The van der Waals surface area contributed by atoms with Gasteiger partial charge in [0.15, 0.2) is 5.82 Å². The fourth-order valence-electron chi connectivity index (χ4n) is 1.48. The SMILES string of the molecule is Cc1cc(NC(=O)c2cc(F)ccc2F)nn1C. The van der Waals surface area contributed by atoms with Crippen LogP contribution in [0, 0.1) is 18.6 Å². The summed E-state index contributed by atoms with van der Waals surface area (Å²) in [5.41, 5.74) is 0.489. The molecule has 0 bridgehead atoms. The minimum atomic E-state index is -0.776. The molecule has 0 aliphatic rings. The van der Waals surface area contributed by atoms with Crippen molar-refractivity contribution in [2.75, 3.05) is 5.32 Å². The average Bonchev–Trinajstić information content (AvgIpc) is 2.61. The van der Waals surface area contributed by atoms with E-state index in [0.29, 0.717) is 5.82 Å². The fraction of sp³-hybridized carbons (Fsp3) is 0.167. The van der Waals surface area contributed by atoms with E-state index < -0.39 is 17.5 Å². The van der Waals surface area contributed by atoms with Gasteiger partial charge in [-0.15, -0.1) is 0 Å². The Morgan fingerprint density at radius 1 is 1.33 bits per heavy atom. The molecular formula is C12H11F2N3O. The summed E-state index contributed by atoms with van der Waals surface area (Å²) in [6.07, 6.45) is 0. The smallest absolute Gasteiger partial charge is 0.259 e. The molecule has 0 spiro atoms. The molecule has 18 heavy (non-hydrogen) atoms. The Bertz CT molecular complexity index is 588. The van der Waals surface area contributed by atoms with Crippen LogP contribution >= 0.6 is 0 Å². The van der Waals surface area contributed by atoms with Gasteiger partial charge in [-0.1, -0.05) is 0 Å². The molecule has 0 atom stereocenters. The van der Waals surface area contributed by atoms with Gasteiger partial charge in [0.2, 0.25) is 0 Å². The summed E-state index contributed by atoms with van der Waals surface area (Å²) < 4.78 is 27.9. The second kappa shape index (κ2) is 4.56. The van der Waals surface area contributed by atoms with Crippen molar-refractivity contribution >= 4 is 11.7 Å². The number of nitrogens with one attached hydrogen (secondary N) is 1. The number of anilines is 1. The van der Waals surface area contributed by atoms with E-state index in [0.717, 1.165) is 23.9 Å². The molecule has 1 aromatic carbocycles. The molecule has 2 aromatic rings. The average molecular weight is 251 g/mol. The normalized spacial score (nSPS) is 10.4. The predicted octanol–water partition coefficient (Wildman–Crippen LogP) is 2.26. The minimum absolute atomic E-state index is 0.295. The maximum absolute atomic E-state index is 13.4. The summed E-state index contributed by atoms with van der Waals surface area (Å²) in [6.45, 7) is 1.81. The van der Waals surface area contributed by atoms with E-state index in [1.165, 1.54) is 0 Å². The number of benzene rings is 1. The summed E-state index contributed by atoms with van der Waals surface area (Å²) >= 11 is 0. The van der Waals surface area contributed by atoms with Gasteiger partial charge in [0, 0.05) is 18.8 Å². The van der Waals surface area contributed by atoms with E-state index in [2.05, 4.69) is 10.4 Å². The zero-order valence-corrected chi connectivity index (χ0v) is 9.87. The lowest BCUT2D eigenvalue weighted by Crippen LogP contribution is -2.14. The molecule has 0 fully saturated rings. The maximum Gasteiger partial charge on any atom is 0.259 e. The number of hydrogen-bond donors (Lipinski definition) is 1. The molecule has 0 saturated heterocycles. The van der Waals surface area contributed by atoms with Gasteiger partial charge in [-0.05, 0) is 25.1 Å². The number of halogens is 2. The van der Waals surface area contributed by atoms with Crippen molar-refractivity contribution in [1.29, 1.82) is 0 Å². The lowest BCUT2D eigenvalue weighted by atomic mass is 10.2. The Labute approximate surface area is 102 Å². The van der Waals surface area contributed by atoms with Crippen molar-refractivity contribution in [3.8, 4) is 0 Å². The molecule has 1 amide bonds. The highest BCUT2D eigenvalue weighted by atomic mass is 19.1. The lowest BCUT2D eigenvalue weighted by Gasteiger charge is -2.03. The Hall–Kier alpha value is -2.24. The first-order valence-corrected chi connectivity index (χ1v) is 5.24. The van der Waals surface area contributed by atoms with Crippen molar-refractivity contribution in [1.82, 2.24) is 9.78 Å². The van der Waals surface area contributed by atoms with E-state index >= 15 is 0 Å². The van der Waals surface area contributed by atoms with Crippen LogP contribution in [0.4, 0.5) is 14.6 Å². The van der Waals surface area contributed by atoms with Crippen molar-refractivity contribution in [2.24, 2.45) is 7.05 Å². The second-order valence-corrected chi connectivity index (χ2v) is 3.87. The number of hydrogen-bond acceptors (Lipinski definition) is 2. The molecule has 4 nitrogen and oxygen atoms in total. The van der Waals surface area contributed by atoms with E-state index in [1.807, 2.05) is 6.92 Å². The van der Waals surface area contributed by atoms with Crippen LogP contribution in [0.15, 0.2) is 24.3 Å². The monoisotopic (exact) mass is 251 g/mol. The molecule has 1 heterocycles. The van der Waals surface area contributed by atoms with Gasteiger partial charge >= 0.3 is 0 Å². The topological polar surface area (TPSA) is 46.9 Å². The first-order valence-electron chi connectivity index (χ1n) is 5.24. The standard InChI is InChI=1S/C12H11F2N3O/c1-7-5-11(16-17(7)2)15-12(18)9-6-8(13)3-4-10(9)14/h3-6H,1-2H3,(H,15,16,18). The summed E-state index contributed by atoms with van der Waals surface area (Å²) in [4.78, 5) is 11.7. The molecule has 1 aromatic heterocycles. The molecule has 94 valence electrons. The van der Waals surface area contributed by atoms with Crippen molar-refractivity contribution in [3.05, 3.63) is 47.2 Å². The molecular weight excluding hydrogens is 240 g/mol. The molecule has 1 N–H and O–H groups in total. The summed E-state index contributed by atoms with van der Waals surface area (Å²) in [5.74, 6) is -1.88. The Balaban J connectivity index is 2.24. The molecule has 0 saturated carbocycles. The Morgan fingerprint density at radius 3 is 2.67 bits per heavy atom. The molecule has 0 unspecified atom stereocenters. The highest BCUT2D eigenvalue weighted by Crippen LogP contribution is 2.13. The number of aryl methyl sites for hydroxylation is 2. The van der Waals surface area contributed by atoms with Crippen molar-refractivity contribution < 1.29 is 13.6 Å². The summed E-state index contributed by atoms with van der Waals surface area (Å²) in [7, 11) is 1.72. The highest BCUT2D eigenvalue weighted by molar-refractivity contribution is 6.03. The molecule has 0 aliphatic carbocycles. The number of aromatic nitrogens is 2. The van der Waals surface area contributed by atoms with Crippen molar-refractivity contribution in [3.63, 3.8) is 0 Å². The van der Waals surface area contributed by atoms with Crippen LogP contribution in [0.1, 0.15) is 16.1 Å². The van der Waals surface area contributed by atoms with Gasteiger partial charge < -0.3 is 5.32 Å². The number of carbonyl (C=O) groups excluding carboxylic acids is 1. The third-order valence-electron chi connectivity index (χ3n) is 2.53. The first kappa shape index (κ1) is 12.2. The number of amides is 1. The van der Waals surface area contributed by atoms with E-state index in [9.17, 15) is 13.6 Å². The quantitative estimate of drug-likeness (QED) is 0.889. The van der Waals surface area contributed by atoms with Gasteiger partial charge in [0.05, 0.1) is 5.56 Å². The van der Waals surface area contributed by atoms with Crippen molar-refractivity contribution in [2.45, 2.75) is 6.92 Å². The third-order valence-corrected chi connectivity index (χ3v) is 2.53. The van der Waals surface area contributed by atoms with E-state index in [1.54, 1.807) is 17.8 Å². The van der Waals surface area contributed by atoms with E-state index in [-0.39, 0.29) is 5.56 Å². The van der Waals surface area contributed by atoms with Crippen LogP contribution in [0.25, 0.3) is 0 Å². The first-order chi connectivity index (χ1) is 8.47. The maximum atomic E-state index is 13.4. The van der Waals surface area contributed by atoms with Crippen LogP contribution in [0.2, 0.25) is 0 Å². The van der Waals surface area contributed by atoms with Gasteiger partial charge in [-0.3, -0.25) is 9.48 Å². The molecule has 2 rings (SSSR count). The molecule has 6 heteroatoms. The number of carbonyl (C=O) groups is 1. The van der Waals surface area contributed by atoms with Crippen LogP contribution in [-0.2, 0) is 7.05 Å². The third kappa shape index (κ3) is 2.37. The largest absolute Gasteiger partial charge is 0.305 e. The summed E-state index contributed by atoms with van der Waals surface area (Å²) in [6, 6.07) is 4.35. The zero-order chi connectivity index (χ0) is 13.3. The number of rotatable bonds is 2. The zero-order valence-electron chi connectivity index (χ0n) is 9.87. The second-order valence-electron chi connectivity index (χ2n) is 3.87. The van der Waals surface area contributed by atoms with Crippen LogP contribution in [-0.4, -0.2) is 15.7 Å². The highest BCUT2D eigenvalue weighted by Gasteiger charge is 2.14. The van der Waals surface area contributed by atoms with Gasteiger partial charge in [-0.2, -0.15) is 5.10 Å². The van der Waals surface area contributed by atoms with Gasteiger partial charge in [0.25, 0.3) is 5.91 Å².